The molecule has 134 valence electrons. The van der Waals surface area contributed by atoms with Crippen molar-refractivity contribution in [3.05, 3.63) is 62.3 Å². The summed E-state index contributed by atoms with van der Waals surface area (Å²) in [5.74, 6) is 0.564. The van der Waals surface area contributed by atoms with Crippen LogP contribution in [0.2, 0.25) is 0 Å². The van der Waals surface area contributed by atoms with E-state index in [0.717, 1.165) is 29.5 Å². The van der Waals surface area contributed by atoms with Gasteiger partial charge in [0.05, 0.1) is 5.56 Å². The minimum Gasteiger partial charge on any atom is -0.365 e. The van der Waals surface area contributed by atoms with Crippen LogP contribution in [0, 0.1) is 5.92 Å². The number of hydrogen-bond donors (Lipinski definition) is 2. The molecule has 1 aromatic carbocycles. The third-order valence-corrected chi connectivity index (χ3v) is 4.24. The highest BCUT2D eigenvalue weighted by molar-refractivity contribution is 5.38. The van der Waals surface area contributed by atoms with Gasteiger partial charge >= 0.3 is 11.9 Å². The zero-order valence-corrected chi connectivity index (χ0v) is 13.6. The monoisotopic (exact) mass is 353 g/mol. The number of benzene rings is 1. The fraction of sp³-hybridized carbons (Fsp3) is 0.412. The molecule has 0 bridgehead atoms. The Labute approximate surface area is 141 Å². The molecule has 25 heavy (non-hydrogen) atoms. The van der Waals surface area contributed by atoms with E-state index in [1.54, 1.807) is 13.0 Å². The van der Waals surface area contributed by atoms with Crippen molar-refractivity contribution in [3.63, 3.8) is 0 Å². The van der Waals surface area contributed by atoms with E-state index in [1.807, 2.05) is 0 Å². The predicted octanol–water partition coefficient (Wildman–Crippen LogP) is 3.14. The van der Waals surface area contributed by atoms with Crippen LogP contribution >= 0.6 is 0 Å². The average Bonchev–Trinajstić information content (AvgIpc) is 3.34. The van der Waals surface area contributed by atoms with Crippen LogP contribution in [-0.2, 0) is 12.7 Å². The summed E-state index contributed by atoms with van der Waals surface area (Å²) in [5, 5.41) is 2.88. The Balaban J connectivity index is 1.80. The zero-order valence-electron chi connectivity index (χ0n) is 13.6. The number of halogens is 3. The smallest absolute Gasteiger partial charge is 0.365 e. The second-order valence-corrected chi connectivity index (χ2v) is 6.37. The first-order valence-corrected chi connectivity index (χ1v) is 8.02. The minimum atomic E-state index is -4.42. The SMILES string of the molecule is CC(Nc1cc(=O)n(CC2CC2)c(=O)[nH]1)c1cccc(C(F)(F)F)c1. The topological polar surface area (TPSA) is 66.9 Å². The van der Waals surface area contributed by atoms with E-state index in [-0.39, 0.29) is 5.82 Å². The van der Waals surface area contributed by atoms with Crippen LogP contribution in [-0.4, -0.2) is 9.55 Å². The molecule has 1 aromatic heterocycles. The fourth-order valence-corrected chi connectivity index (χ4v) is 2.63. The van der Waals surface area contributed by atoms with Gasteiger partial charge < -0.3 is 5.32 Å². The average molecular weight is 353 g/mol. The highest BCUT2D eigenvalue weighted by Gasteiger charge is 2.30. The van der Waals surface area contributed by atoms with Crippen LogP contribution in [0.25, 0.3) is 0 Å². The van der Waals surface area contributed by atoms with Crippen LogP contribution in [0.15, 0.2) is 39.9 Å². The van der Waals surface area contributed by atoms with Crippen molar-refractivity contribution < 1.29 is 13.2 Å². The lowest BCUT2D eigenvalue weighted by Gasteiger charge is -2.17. The number of rotatable bonds is 5. The van der Waals surface area contributed by atoms with Crippen molar-refractivity contribution in [1.82, 2.24) is 9.55 Å². The van der Waals surface area contributed by atoms with Crippen molar-refractivity contribution in [3.8, 4) is 0 Å². The first-order valence-electron chi connectivity index (χ1n) is 8.02. The van der Waals surface area contributed by atoms with Gasteiger partial charge in [-0.25, -0.2) is 4.79 Å². The second-order valence-electron chi connectivity index (χ2n) is 6.37. The quantitative estimate of drug-likeness (QED) is 0.868. The fourth-order valence-electron chi connectivity index (χ4n) is 2.63. The number of anilines is 1. The standard InChI is InChI=1S/C17H18F3N3O2/c1-10(12-3-2-4-13(7-12)17(18,19)20)21-14-8-15(24)23(16(25)22-14)9-11-5-6-11/h2-4,7-8,10-11,21H,5-6,9H2,1H3,(H,22,25). The number of aromatic amines is 1. The van der Waals surface area contributed by atoms with Crippen LogP contribution < -0.4 is 16.6 Å². The number of alkyl halides is 3. The molecule has 1 aliphatic rings. The summed E-state index contributed by atoms with van der Waals surface area (Å²) in [6, 6.07) is 5.66. The molecule has 0 radical (unpaired) electrons. The van der Waals surface area contributed by atoms with Gasteiger partial charge in [0.25, 0.3) is 5.56 Å². The maximum atomic E-state index is 12.8. The summed E-state index contributed by atoms with van der Waals surface area (Å²) in [7, 11) is 0. The van der Waals surface area contributed by atoms with E-state index in [2.05, 4.69) is 10.3 Å². The van der Waals surface area contributed by atoms with Crippen molar-refractivity contribution in [2.45, 2.75) is 38.5 Å². The summed E-state index contributed by atoms with van der Waals surface area (Å²) in [6.07, 6.45) is -2.40. The zero-order chi connectivity index (χ0) is 18.2. The van der Waals surface area contributed by atoms with E-state index in [0.29, 0.717) is 18.0 Å². The summed E-state index contributed by atoms with van der Waals surface area (Å²) in [5.41, 5.74) is -1.28. The third kappa shape index (κ3) is 4.12. The van der Waals surface area contributed by atoms with E-state index in [1.165, 1.54) is 12.1 Å². The van der Waals surface area contributed by atoms with Crippen LogP contribution in [0.1, 0.15) is 36.9 Å². The largest absolute Gasteiger partial charge is 0.416 e. The highest BCUT2D eigenvalue weighted by Crippen LogP contribution is 2.31. The van der Waals surface area contributed by atoms with Gasteiger partial charge in [-0.15, -0.1) is 0 Å². The molecular weight excluding hydrogens is 335 g/mol. The van der Waals surface area contributed by atoms with Gasteiger partial charge in [0, 0.05) is 18.7 Å². The number of nitrogens with one attached hydrogen (secondary N) is 2. The molecular formula is C17H18F3N3O2. The number of H-pyrrole nitrogens is 1. The van der Waals surface area contributed by atoms with Crippen molar-refractivity contribution in [2.24, 2.45) is 5.92 Å². The van der Waals surface area contributed by atoms with Gasteiger partial charge in [0.15, 0.2) is 0 Å². The Kier molecular flexibility index (Phi) is 4.45. The van der Waals surface area contributed by atoms with Gasteiger partial charge in [-0.05, 0) is 43.4 Å². The molecule has 2 aromatic rings. The maximum Gasteiger partial charge on any atom is 0.416 e. The van der Waals surface area contributed by atoms with Gasteiger partial charge in [0.1, 0.15) is 5.82 Å². The normalized spacial score (nSPS) is 15.8. The Morgan fingerprint density at radius 1 is 1.28 bits per heavy atom. The molecule has 1 atom stereocenters. The van der Waals surface area contributed by atoms with E-state index >= 15 is 0 Å². The minimum absolute atomic E-state index is 0.187. The maximum absolute atomic E-state index is 12.8. The highest BCUT2D eigenvalue weighted by atomic mass is 19.4. The van der Waals surface area contributed by atoms with E-state index in [9.17, 15) is 22.8 Å². The third-order valence-electron chi connectivity index (χ3n) is 4.24. The number of hydrogen-bond acceptors (Lipinski definition) is 3. The summed E-state index contributed by atoms with van der Waals surface area (Å²) >= 11 is 0. The molecule has 0 saturated heterocycles. The molecule has 0 amide bonds. The van der Waals surface area contributed by atoms with Gasteiger partial charge in [0.2, 0.25) is 0 Å². The lowest BCUT2D eigenvalue weighted by Crippen LogP contribution is -2.35. The Morgan fingerprint density at radius 2 is 2.00 bits per heavy atom. The van der Waals surface area contributed by atoms with Gasteiger partial charge in [-0.3, -0.25) is 14.3 Å². The van der Waals surface area contributed by atoms with Crippen LogP contribution in [0.4, 0.5) is 19.0 Å². The molecule has 1 heterocycles. The molecule has 1 unspecified atom stereocenters. The number of nitrogens with zero attached hydrogens (tertiary/aromatic N) is 1. The lowest BCUT2D eigenvalue weighted by atomic mass is 10.0. The molecule has 8 heteroatoms. The Hall–Kier alpha value is -2.51. The second kappa shape index (κ2) is 6.42. The molecule has 1 aliphatic carbocycles. The van der Waals surface area contributed by atoms with Gasteiger partial charge in [-0.1, -0.05) is 12.1 Å². The Bertz CT molecular complexity index is 850. The Morgan fingerprint density at radius 3 is 2.60 bits per heavy atom. The van der Waals surface area contributed by atoms with Crippen molar-refractivity contribution in [1.29, 1.82) is 0 Å². The summed E-state index contributed by atoms with van der Waals surface area (Å²) < 4.78 is 39.6. The molecule has 1 saturated carbocycles. The summed E-state index contributed by atoms with van der Waals surface area (Å²) in [6.45, 7) is 2.06. The first-order chi connectivity index (χ1) is 11.7. The molecule has 3 rings (SSSR count). The molecule has 2 N–H and O–H groups in total. The number of aromatic nitrogens is 2. The predicted molar refractivity (Wildman–Crippen MR) is 87.5 cm³/mol. The van der Waals surface area contributed by atoms with Gasteiger partial charge in [-0.2, -0.15) is 13.2 Å². The first kappa shape index (κ1) is 17.3. The van der Waals surface area contributed by atoms with Crippen molar-refractivity contribution >= 4 is 5.82 Å². The lowest BCUT2D eigenvalue weighted by molar-refractivity contribution is -0.137. The molecule has 0 spiro atoms. The molecule has 0 aliphatic heterocycles. The van der Waals surface area contributed by atoms with Crippen LogP contribution in [0.3, 0.4) is 0 Å². The summed E-state index contributed by atoms with van der Waals surface area (Å²) in [4.78, 5) is 26.7. The van der Waals surface area contributed by atoms with Crippen LogP contribution in [0.5, 0.6) is 0 Å². The molecule has 5 nitrogen and oxygen atoms in total. The van der Waals surface area contributed by atoms with Crippen molar-refractivity contribution in [2.75, 3.05) is 5.32 Å². The van der Waals surface area contributed by atoms with E-state index in [4.69, 9.17) is 0 Å². The van der Waals surface area contributed by atoms with E-state index < -0.39 is 29.0 Å². The molecule has 1 fully saturated rings.